The van der Waals surface area contributed by atoms with Gasteiger partial charge in [0.1, 0.15) is 22.9 Å². The van der Waals surface area contributed by atoms with Crippen LogP contribution in [0.3, 0.4) is 0 Å². The average molecular weight is 1320 g/mol. The van der Waals surface area contributed by atoms with Crippen molar-refractivity contribution in [2.24, 2.45) is 0 Å². The highest BCUT2D eigenvalue weighted by Crippen LogP contribution is 2.39. The quantitative estimate of drug-likeness (QED) is 0.0396. The summed E-state index contributed by atoms with van der Waals surface area (Å²) in [4.78, 5) is 58.2. The lowest BCUT2D eigenvalue weighted by Crippen LogP contribution is -3.00. The van der Waals surface area contributed by atoms with Gasteiger partial charge >= 0.3 is 24.1 Å². The second-order valence-corrected chi connectivity index (χ2v) is 22.3. The normalized spacial score (nSPS) is 12.5. The van der Waals surface area contributed by atoms with Gasteiger partial charge < -0.3 is 101 Å². The minimum atomic E-state index is -0.438. The predicted molar refractivity (Wildman–Crippen MR) is 326 cm³/mol. The number of methoxy groups -OCH3 is 6. The zero-order valence-corrected chi connectivity index (χ0v) is 56.1. The van der Waals surface area contributed by atoms with E-state index in [0.29, 0.717) is 92.4 Å². The van der Waals surface area contributed by atoms with Crippen molar-refractivity contribution < 1.29 is 101 Å². The Balaban J connectivity index is 0.000000568. The van der Waals surface area contributed by atoms with Gasteiger partial charge in [0.2, 0.25) is 11.5 Å². The molecule has 20 nitrogen and oxygen atoms in total. The molecule has 0 atom stereocenters. The largest absolute Gasteiger partial charge is 1.00 e. The molecule has 22 heteroatoms. The van der Waals surface area contributed by atoms with Crippen LogP contribution in [0.1, 0.15) is 91.3 Å². The van der Waals surface area contributed by atoms with Gasteiger partial charge in [0, 0.05) is 65.5 Å². The molecular formula is C63H96Br2N6O14. The molecule has 0 spiro atoms. The van der Waals surface area contributed by atoms with Crippen LogP contribution >= 0.6 is 0 Å². The maximum Gasteiger partial charge on any atom is 0.414 e. The van der Waals surface area contributed by atoms with Gasteiger partial charge in [0.25, 0.3) is 0 Å². The topological polar surface area (TPSA) is 174 Å². The number of carbonyl (C=O) groups is 4. The first-order valence-corrected chi connectivity index (χ1v) is 28.7. The second-order valence-electron chi connectivity index (χ2n) is 22.3. The SMILES string of the molecule is CN(CCCCCCCCCCN(C)C(=O)Oc1cccc([N+](C)(C)C)c1)C(=O)Oc1cccc([N+](C)(C)C)c1.COc1cc(C(=O)OCCCN2CCCN(CCCOC(=O)c3cc(OC)c(OC)c(OC)c3)CC2)cc(OC)c1OC.[Br-].[Br-]. The zero-order chi connectivity index (χ0) is 61.0. The second kappa shape index (κ2) is 38.9. The molecule has 0 unspecified atom stereocenters. The summed E-state index contributed by atoms with van der Waals surface area (Å²) in [5.74, 6) is 2.74. The maximum atomic E-state index is 12.6. The lowest BCUT2D eigenvalue weighted by Gasteiger charge is -2.24. The molecule has 85 heavy (non-hydrogen) atoms. The molecule has 5 rings (SSSR count). The van der Waals surface area contributed by atoms with Crippen LogP contribution in [-0.2, 0) is 9.47 Å². The summed E-state index contributed by atoms with van der Waals surface area (Å²) in [5.41, 5.74) is 2.85. The maximum absolute atomic E-state index is 12.6. The number of ether oxygens (including phenoxy) is 10. The number of amides is 2. The minimum absolute atomic E-state index is 0. The fourth-order valence-corrected chi connectivity index (χ4v) is 9.17. The number of nitrogens with zero attached hydrogens (tertiary/aromatic N) is 6. The molecule has 1 aliphatic heterocycles. The third kappa shape index (κ3) is 25.8. The number of rotatable bonds is 31. The Hall–Kier alpha value is -6.04. The van der Waals surface area contributed by atoms with Gasteiger partial charge in [0.05, 0.1) is 109 Å². The van der Waals surface area contributed by atoms with Crippen LogP contribution in [-0.4, -0.2) is 208 Å². The number of carbonyl (C=O) groups excluding carboxylic acids is 4. The number of halogens is 2. The summed E-state index contributed by atoms with van der Waals surface area (Å²) >= 11 is 0. The molecule has 1 aliphatic rings. The smallest absolute Gasteiger partial charge is 0.414 e. The van der Waals surface area contributed by atoms with E-state index in [2.05, 4.69) is 52.1 Å². The van der Waals surface area contributed by atoms with Crippen LogP contribution in [0.4, 0.5) is 21.0 Å². The number of hydrogen-bond acceptors (Lipinski definition) is 16. The molecule has 2 amide bonds. The van der Waals surface area contributed by atoms with Crippen molar-refractivity contribution >= 4 is 35.5 Å². The molecule has 476 valence electrons. The van der Waals surface area contributed by atoms with Crippen molar-refractivity contribution in [3.63, 3.8) is 0 Å². The van der Waals surface area contributed by atoms with Crippen LogP contribution < -0.4 is 80.8 Å². The van der Waals surface area contributed by atoms with Crippen molar-refractivity contribution in [2.45, 2.75) is 70.6 Å². The molecule has 1 heterocycles. The first-order valence-electron chi connectivity index (χ1n) is 28.7. The van der Waals surface area contributed by atoms with Gasteiger partial charge in [-0.15, -0.1) is 0 Å². The first-order chi connectivity index (χ1) is 39.6. The third-order valence-electron chi connectivity index (χ3n) is 14.1. The van der Waals surface area contributed by atoms with E-state index < -0.39 is 11.9 Å². The van der Waals surface area contributed by atoms with Crippen molar-refractivity contribution in [1.82, 2.24) is 28.6 Å². The van der Waals surface area contributed by atoms with E-state index in [1.54, 1.807) is 48.2 Å². The molecule has 1 fully saturated rings. The Bertz CT molecular complexity index is 2420. The van der Waals surface area contributed by atoms with Crippen molar-refractivity contribution in [2.75, 3.05) is 165 Å². The standard InChI is InChI=1S/C32H52N4O4.C31H44N2O10.2BrH/c1-33(31(37)39-29-21-17-19-27(25-29)35(3,4)5)23-15-13-11-9-10-12-14-16-24-34(2)32(38)40-30-22-18-20-28(26-30)36(6,7)8;1-36-24-18-22(19-25(37-2)28(24)40-5)30(34)42-16-8-12-32-10-7-11-33(15-14-32)13-9-17-43-31(35)23-20-26(38-3)29(41-6)27(21-23)39-4;;/h17-22,25-26H,9-16,23-24H2,1-8H3;18-21H,7-17H2,1-6H3;2*1H/q+2;;;/p-2. The van der Waals surface area contributed by atoms with E-state index >= 15 is 0 Å². The average Bonchev–Trinajstić information content (AvgIpc) is 3.84. The van der Waals surface area contributed by atoms with Gasteiger partial charge in [-0.2, -0.15) is 0 Å². The molecule has 0 saturated carbocycles. The molecule has 4 aromatic rings. The summed E-state index contributed by atoms with van der Waals surface area (Å²) in [5, 5.41) is 0. The fourth-order valence-electron chi connectivity index (χ4n) is 9.17. The minimum Gasteiger partial charge on any atom is -1.00 e. The molecule has 0 bridgehead atoms. The molecule has 1 saturated heterocycles. The van der Waals surface area contributed by atoms with Gasteiger partial charge in [-0.3, -0.25) is 8.97 Å². The highest BCUT2D eigenvalue weighted by Gasteiger charge is 2.22. The third-order valence-corrected chi connectivity index (χ3v) is 14.1. The van der Waals surface area contributed by atoms with Crippen LogP contribution in [0.25, 0.3) is 0 Å². The van der Waals surface area contributed by atoms with Crippen molar-refractivity contribution in [1.29, 1.82) is 0 Å². The van der Waals surface area contributed by atoms with E-state index in [-0.39, 0.29) is 46.1 Å². The number of unbranched alkanes of at least 4 members (excludes halogenated alkanes) is 7. The summed E-state index contributed by atoms with van der Waals surface area (Å²) in [6.07, 6.45) is 10.7. The number of hydrogen-bond donors (Lipinski definition) is 0. The summed E-state index contributed by atoms with van der Waals surface area (Å²) in [7, 11) is 25.1. The van der Waals surface area contributed by atoms with Crippen LogP contribution in [0.15, 0.2) is 72.8 Å². The molecule has 0 N–H and O–H groups in total. The van der Waals surface area contributed by atoms with E-state index in [1.165, 1.54) is 55.5 Å². The highest BCUT2D eigenvalue weighted by molar-refractivity contribution is 5.92. The van der Waals surface area contributed by atoms with Gasteiger partial charge in [-0.05, 0) is 93.7 Å². The molecule has 0 radical (unpaired) electrons. The van der Waals surface area contributed by atoms with Crippen LogP contribution in [0.2, 0.25) is 0 Å². The van der Waals surface area contributed by atoms with Crippen molar-refractivity contribution in [3.8, 4) is 46.0 Å². The van der Waals surface area contributed by atoms with E-state index in [0.717, 1.165) is 108 Å². The Labute approximate surface area is 527 Å². The lowest BCUT2D eigenvalue weighted by atomic mass is 10.1. The summed E-state index contributed by atoms with van der Waals surface area (Å²) in [6.45, 7) is 7.48. The Morgan fingerprint density at radius 1 is 0.447 bits per heavy atom. The van der Waals surface area contributed by atoms with Crippen LogP contribution in [0.5, 0.6) is 46.0 Å². The van der Waals surface area contributed by atoms with E-state index in [9.17, 15) is 19.2 Å². The Morgan fingerprint density at radius 2 is 0.776 bits per heavy atom. The van der Waals surface area contributed by atoms with E-state index in [1.807, 2.05) is 48.5 Å². The highest BCUT2D eigenvalue weighted by atomic mass is 79.9. The predicted octanol–water partition coefficient (Wildman–Crippen LogP) is 4.31. The number of quaternary nitrogens is 2. The summed E-state index contributed by atoms with van der Waals surface area (Å²) < 4.78 is 55.4. The van der Waals surface area contributed by atoms with Crippen molar-refractivity contribution in [3.05, 3.63) is 83.9 Å². The molecular weight excluding hydrogens is 1220 g/mol. The van der Waals surface area contributed by atoms with E-state index in [4.69, 9.17) is 47.4 Å². The van der Waals surface area contributed by atoms with Gasteiger partial charge in [0.15, 0.2) is 23.0 Å². The summed E-state index contributed by atoms with van der Waals surface area (Å²) in [6, 6.07) is 21.7. The molecule has 4 aromatic carbocycles. The Morgan fingerprint density at radius 3 is 1.08 bits per heavy atom. The monoisotopic (exact) mass is 1320 g/mol. The Kier molecular flexibility index (Phi) is 34.3. The number of benzene rings is 4. The van der Waals surface area contributed by atoms with Gasteiger partial charge in [-0.1, -0.05) is 50.7 Å². The van der Waals surface area contributed by atoms with Crippen LogP contribution in [0, 0.1) is 0 Å². The molecule has 0 aliphatic carbocycles. The zero-order valence-electron chi connectivity index (χ0n) is 52.9. The van der Waals surface area contributed by atoms with Gasteiger partial charge in [-0.25, -0.2) is 19.2 Å². The number of esters is 2. The fraction of sp³-hybridized carbons (Fsp3) is 0.556. The lowest BCUT2D eigenvalue weighted by molar-refractivity contribution is -0.00100. The molecule has 0 aromatic heterocycles. The first kappa shape index (κ1) is 75.1.